The molecule has 0 aliphatic rings. The minimum atomic E-state index is -0.994. The highest BCUT2D eigenvalue weighted by Crippen LogP contribution is 2.18. The van der Waals surface area contributed by atoms with E-state index in [1.54, 1.807) is 36.4 Å². The second kappa shape index (κ2) is 8.19. The van der Waals surface area contributed by atoms with E-state index in [1.807, 2.05) is 12.1 Å². The van der Waals surface area contributed by atoms with Gasteiger partial charge in [0.1, 0.15) is 12.4 Å². The van der Waals surface area contributed by atoms with Gasteiger partial charge in [0.05, 0.1) is 6.42 Å². The fourth-order valence-corrected chi connectivity index (χ4v) is 1.95. The summed E-state index contributed by atoms with van der Waals surface area (Å²) in [6.07, 6.45) is -0.238. The van der Waals surface area contributed by atoms with Gasteiger partial charge < -0.3 is 15.2 Å². The molecule has 2 aromatic carbocycles. The molecule has 23 heavy (non-hydrogen) atoms. The van der Waals surface area contributed by atoms with E-state index in [-0.39, 0.29) is 18.7 Å². The summed E-state index contributed by atoms with van der Waals surface area (Å²) in [5.74, 6) is -0.656. The van der Waals surface area contributed by atoms with Crippen molar-refractivity contribution in [1.82, 2.24) is 0 Å². The Kier molecular flexibility index (Phi) is 6.00. The fraction of sp³-hybridized carbons (Fsp3) is 0.176. The molecule has 0 saturated carbocycles. The number of hydrogen-bond donors (Lipinski definition) is 2. The molecular weight excluding hydrogens is 318 g/mol. The Morgan fingerprint density at radius 3 is 2.26 bits per heavy atom. The zero-order valence-electron chi connectivity index (χ0n) is 12.3. The van der Waals surface area contributed by atoms with Crippen molar-refractivity contribution in [2.75, 3.05) is 5.32 Å². The summed E-state index contributed by atoms with van der Waals surface area (Å²) in [5, 5.41) is 11.8. The van der Waals surface area contributed by atoms with Crippen LogP contribution in [-0.2, 0) is 16.2 Å². The van der Waals surface area contributed by atoms with Gasteiger partial charge in [-0.1, -0.05) is 23.7 Å². The SMILES string of the molecule is O=C(O)CCC(=O)Nc1ccc(OCc2ccc(Cl)cc2)cc1. The van der Waals surface area contributed by atoms with Gasteiger partial charge >= 0.3 is 5.97 Å². The smallest absolute Gasteiger partial charge is 0.303 e. The summed E-state index contributed by atoms with van der Waals surface area (Å²) in [4.78, 5) is 21.9. The maximum Gasteiger partial charge on any atom is 0.303 e. The fourth-order valence-electron chi connectivity index (χ4n) is 1.83. The molecular formula is C17H16ClNO4. The van der Waals surface area contributed by atoms with Crippen molar-refractivity contribution in [3.8, 4) is 5.75 Å². The van der Waals surface area contributed by atoms with E-state index in [2.05, 4.69) is 5.32 Å². The number of carbonyl (C=O) groups is 2. The standard InChI is InChI=1S/C17H16ClNO4/c18-13-3-1-12(2-4-13)11-23-15-7-5-14(6-8-15)19-16(20)9-10-17(21)22/h1-8H,9-11H2,(H,19,20)(H,21,22). The monoisotopic (exact) mass is 333 g/mol. The molecule has 0 saturated heterocycles. The zero-order valence-corrected chi connectivity index (χ0v) is 13.0. The van der Waals surface area contributed by atoms with Gasteiger partial charge in [0, 0.05) is 17.1 Å². The predicted octanol–water partition coefficient (Wildman–Crippen LogP) is 3.72. The number of hydrogen-bond acceptors (Lipinski definition) is 3. The van der Waals surface area contributed by atoms with Crippen molar-refractivity contribution in [2.45, 2.75) is 19.4 Å². The molecule has 0 aromatic heterocycles. The Morgan fingerprint density at radius 1 is 1.00 bits per heavy atom. The topological polar surface area (TPSA) is 75.6 Å². The molecule has 0 spiro atoms. The van der Waals surface area contributed by atoms with Crippen molar-refractivity contribution in [3.05, 3.63) is 59.1 Å². The van der Waals surface area contributed by atoms with Crippen molar-refractivity contribution in [2.24, 2.45) is 0 Å². The summed E-state index contributed by atoms with van der Waals surface area (Å²) in [6.45, 7) is 0.418. The number of carboxylic acid groups (broad SMARTS) is 1. The van der Waals surface area contributed by atoms with Crippen molar-refractivity contribution in [3.63, 3.8) is 0 Å². The molecule has 6 heteroatoms. The number of carboxylic acids is 1. The maximum atomic E-state index is 11.5. The van der Waals surface area contributed by atoms with Gasteiger partial charge in [-0.05, 0) is 42.0 Å². The van der Waals surface area contributed by atoms with Gasteiger partial charge in [0.25, 0.3) is 0 Å². The third-order valence-electron chi connectivity index (χ3n) is 3.02. The lowest BCUT2D eigenvalue weighted by atomic mass is 10.2. The molecule has 0 aliphatic heterocycles. The third-order valence-corrected chi connectivity index (χ3v) is 3.27. The number of ether oxygens (including phenoxy) is 1. The highest BCUT2D eigenvalue weighted by molar-refractivity contribution is 6.30. The van der Waals surface area contributed by atoms with Gasteiger partial charge in [-0.15, -0.1) is 0 Å². The van der Waals surface area contributed by atoms with Crippen LogP contribution in [0.3, 0.4) is 0 Å². The minimum Gasteiger partial charge on any atom is -0.489 e. The number of aliphatic carboxylic acids is 1. The zero-order chi connectivity index (χ0) is 16.7. The predicted molar refractivity (Wildman–Crippen MR) is 87.7 cm³/mol. The Balaban J connectivity index is 1.83. The highest BCUT2D eigenvalue weighted by Gasteiger charge is 2.06. The molecule has 0 atom stereocenters. The molecule has 0 aliphatic carbocycles. The molecule has 0 bridgehead atoms. The Labute approximate surface area is 138 Å². The average molecular weight is 334 g/mol. The van der Waals surface area contributed by atoms with Crippen LogP contribution in [0.1, 0.15) is 18.4 Å². The van der Waals surface area contributed by atoms with E-state index >= 15 is 0 Å². The molecule has 0 fully saturated rings. The van der Waals surface area contributed by atoms with E-state index in [0.717, 1.165) is 5.56 Å². The normalized spacial score (nSPS) is 10.1. The first kappa shape index (κ1) is 16.8. The van der Waals surface area contributed by atoms with E-state index in [1.165, 1.54) is 0 Å². The highest BCUT2D eigenvalue weighted by atomic mass is 35.5. The van der Waals surface area contributed by atoms with E-state index < -0.39 is 5.97 Å². The van der Waals surface area contributed by atoms with Gasteiger partial charge in [-0.3, -0.25) is 9.59 Å². The van der Waals surface area contributed by atoms with Crippen LogP contribution in [0.15, 0.2) is 48.5 Å². The molecule has 0 heterocycles. The van der Waals surface area contributed by atoms with Crippen molar-refractivity contribution in [1.29, 1.82) is 0 Å². The number of amides is 1. The lowest BCUT2D eigenvalue weighted by Crippen LogP contribution is -2.13. The quantitative estimate of drug-likeness (QED) is 0.809. The number of nitrogens with one attached hydrogen (secondary N) is 1. The van der Waals surface area contributed by atoms with Gasteiger partial charge in [0.15, 0.2) is 0 Å². The summed E-state index contributed by atoms with van der Waals surface area (Å²) in [5.41, 5.74) is 1.60. The molecule has 5 nitrogen and oxygen atoms in total. The van der Waals surface area contributed by atoms with Gasteiger partial charge in [0.2, 0.25) is 5.91 Å². The first-order valence-electron chi connectivity index (χ1n) is 7.02. The van der Waals surface area contributed by atoms with Crippen LogP contribution in [-0.4, -0.2) is 17.0 Å². The number of halogens is 1. The van der Waals surface area contributed by atoms with Crippen LogP contribution in [0.2, 0.25) is 5.02 Å². The van der Waals surface area contributed by atoms with Crippen LogP contribution in [0.25, 0.3) is 0 Å². The number of carbonyl (C=O) groups excluding carboxylic acids is 1. The van der Waals surface area contributed by atoms with Crippen LogP contribution in [0, 0.1) is 0 Å². The second-order valence-corrected chi connectivity index (χ2v) is 5.32. The second-order valence-electron chi connectivity index (χ2n) is 4.88. The van der Waals surface area contributed by atoms with Crippen molar-refractivity contribution >= 4 is 29.2 Å². The van der Waals surface area contributed by atoms with Crippen LogP contribution in [0.5, 0.6) is 5.75 Å². The molecule has 0 radical (unpaired) electrons. The van der Waals surface area contributed by atoms with Crippen LogP contribution >= 0.6 is 11.6 Å². The molecule has 1 amide bonds. The summed E-state index contributed by atoms with van der Waals surface area (Å²) in [6, 6.07) is 14.3. The Bertz CT molecular complexity index is 668. The van der Waals surface area contributed by atoms with E-state index in [0.29, 0.717) is 23.1 Å². The molecule has 2 N–H and O–H groups in total. The molecule has 120 valence electrons. The van der Waals surface area contributed by atoms with E-state index in [4.69, 9.17) is 21.4 Å². The van der Waals surface area contributed by atoms with Crippen molar-refractivity contribution < 1.29 is 19.4 Å². The third kappa shape index (κ3) is 6.00. The molecule has 2 rings (SSSR count). The average Bonchev–Trinajstić information content (AvgIpc) is 2.54. The summed E-state index contributed by atoms with van der Waals surface area (Å²) in [7, 11) is 0. The molecule has 0 unspecified atom stereocenters. The Morgan fingerprint density at radius 2 is 1.65 bits per heavy atom. The molecule has 2 aromatic rings. The maximum absolute atomic E-state index is 11.5. The van der Waals surface area contributed by atoms with Crippen LogP contribution in [0.4, 0.5) is 5.69 Å². The lowest BCUT2D eigenvalue weighted by Gasteiger charge is -2.08. The van der Waals surface area contributed by atoms with E-state index in [9.17, 15) is 9.59 Å². The van der Waals surface area contributed by atoms with Crippen LogP contribution < -0.4 is 10.1 Å². The number of anilines is 1. The first-order valence-corrected chi connectivity index (χ1v) is 7.39. The lowest BCUT2D eigenvalue weighted by molar-refractivity contribution is -0.138. The first-order chi connectivity index (χ1) is 11.0. The summed E-state index contributed by atoms with van der Waals surface area (Å²) < 4.78 is 5.64. The van der Waals surface area contributed by atoms with Gasteiger partial charge in [-0.25, -0.2) is 0 Å². The summed E-state index contributed by atoms with van der Waals surface area (Å²) >= 11 is 5.82. The number of rotatable bonds is 7. The number of benzene rings is 2. The largest absolute Gasteiger partial charge is 0.489 e. The van der Waals surface area contributed by atoms with Gasteiger partial charge in [-0.2, -0.15) is 0 Å². The Hall–Kier alpha value is -2.53. The minimum absolute atomic E-state index is 0.0514.